The van der Waals surface area contributed by atoms with Gasteiger partial charge < -0.3 is 21.1 Å². The molecule has 0 radical (unpaired) electrons. The van der Waals surface area contributed by atoms with Crippen LogP contribution in [0.3, 0.4) is 0 Å². The van der Waals surface area contributed by atoms with Crippen LogP contribution in [0.1, 0.15) is 19.4 Å². The number of para-hydroxylation sites is 1. The number of amides is 1. The van der Waals surface area contributed by atoms with Gasteiger partial charge in [-0.3, -0.25) is 4.79 Å². The molecule has 0 aliphatic carbocycles. The summed E-state index contributed by atoms with van der Waals surface area (Å²) in [6, 6.07) is 7.30. The van der Waals surface area contributed by atoms with E-state index < -0.39 is 12.1 Å². The van der Waals surface area contributed by atoms with E-state index in [1.54, 1.807) is 0 Å². The third-order valence-corrected chi connectivity index (χ3v) is 3.71. The first-order valence-corrected chi connectivity index (χ1v) is 7.25. The molecular formula is C16H23N3O2. The van der Waals surface area contributed by atoms with Gasteiger partial charge in [0.05, 0.1) is 12.1 Å². The highest BCUT2D eigenvalue weighted by molar-refractivity contribution is 5.86. The van der Waals surface area contributed by atoms with Gasteiger partial charge in [0.2, 0.25) is 5.91 Å². The number of carbonyl (C=O) groups excluding carboxylic acids is 1. The molecular weight excluding hydrogens is 266 g/mol. The summed E-state index contributed by atoms with van der Waals surface area (Å²) < 4.78 is 0. The van der Waals surface area contributed by atoms with Crippen LogP contribution in [0.15, 0.2) is 30.5 Å². The Labute approximate surface area is 124 Å². The van der Waals surface area contributed by atoms with Gasteiger partial charge in [-0.25, -0.2) is 0 Å². The number of carbonyl (C=O) groups is 1. The molecule has 5 heteroatoms. The smallest absolute Gasteiger partial charge is 0.237 e. The van der Waals surface area contributed by atoms with Gasteiger partial charge in [-0.2, -0.15) is 0 Å². The number of aromatic nitrogens is 1. The molecule has 2 atom stereocenters. The monoisotopic (exact) mass is 289 g/mol. The van der Waals surface area contributed by atoms with Crippen LogP contribution in [0.25, 0.3) is 10.9 Å². The maximum atomic E-state index is 12.0. The van der Waals surface area contributed by atoms with Crippen LogP contribution in [0.5, 0.6) is 0 Å². The second-order valence-corrected chi connectivity index (χ2v) is 5.73. The van der Waals surface area contributed by atoms with E-state index in [4.69, 9.17) is 5.73 Å². The first-order valence-electron chi connectivity index (χ1n) is 7.25. The maximum Gasteiger partial charge on any atom is 0.237 e. The molecule has 21 heavy (non-hydrogen) atoms. The van der Waals surface area contributed by atoms with Crippen molar-refractivity contribution in [2.75, 3.05) is 6.54 Å². The van der Waals surface area contributed by atoms with Crippen LogP contribution in [0.4, 0.5) is 0 Å². The Morgan fingerprint density at radius 2 is 2.10 bits per heavy atom. The molecule has 0 aliphatic heterocycles. The number of aliphatic hydroxyl groups excluding tert-OH is 1. The van der Waals surface area contributed by atoms with E-state index in [0.717, 1.165) is 16.5 Å². The van der Waals surface area contributed by atoms with E-state index in [0.29, 0.717) is 6.42 Å². The predicted molar refractivity (Wildman–Crippen MR) is 83.8 cm³/mol. The van der Waals surface area contributed by atoms with E-state index in [9.17, 15) is 9.90 Å². The van der Waals surface area contributed by atoms with Crippen molar-refractivity contribution in [3.63, 3.8) is 0 Å². The maximum absolute atomic E-state index is 12.0. The highest BCUT2D eigenvalue weighted by Gasteiger charge is 2.17. The normalized spacial score (nSPS) is 14.3. The third-order valence-electron chi connectivity index (χ3n) is 3.71. The molecule has 0 fully saturated rings. The van der Waals surface area contributed by atoms with Crippen molar-refractivity contribution in [3.05, 3.63) is 36.0 Å². The van der Waals surface area contributed by atoms with Crippen molar-refractivity contribution >= 4 is 16.8 Å². The molecule has 2 rings (SSSR count). The molecule has 5 nitrogen and oxygen atoms in total. The number of benzene rings is 1. The van der Waals surface area contributed by atoms with Crippen molar-refractivity contribution in [2.45, 2.75) is 32.4 Å². The fourth-order valence-corrected chi connectivity index (χ4v) is 2.20. The second-order valence-electron chi connectivity index (χ2n) is 5.73. The number of hydrogen-bond acceptors (Lipinski definition) is 3. The molecule has 1 aromatic carbocycles. The summed E-state index contributed by atoms with van der Waals surface area (Å²) in [6.07, 6.45) is 1.81. The Balaban J connectivity index is 1.94. The van der Waals surface area contributed by atoms with Gasteiger partial charge in [0.25, 0.3) is 0 Å². The third kappa shape index (κ3) is 3.83. The van der Waals surface area contributed by atoms with Crippen LogP contribution in [0, 0.1) is 5.92 Å². The van der Waals surface area contributed by atoms with Crippen LogP contribution in [-0.2, 0) is 11.2 Å². The van der Waals surface area contributed by atoms with Gasteiger partial charge >= 0.3 is 0 Å². The lowest BCUT2D eigenvalue weighted by molar-refractivity contribution is -0.122. The van der Waals surface area contributed by atoms with Crippen molar-refractivity contribution < 1.29 is 9.90 Å². The second kappa shape index (κ2) is 6.74. The first kappa shape index (κ1) is 15.5. The fraction of sp³-hybridized carbons (Fsp3) is 0.438. The molecule has 1 aromatic heterocycles. The number of hydrogen-bond donors (Lipinski definition) is 4. The molecule has 1 heterocycles. The van der Waals surface area contributed by atoms with Crippen molar-refractivity contribution in [1.82, 2.24) is 10.3 Å². The van der Waals surface area contributed by atoms with Crippen LogP contribution >= 0.6 is 0 Å². The molecule has 0 aliphatic rings. The lowest BCUT2D eigenvalue weighted by Gasteiger charge is -2.17. The Bertz CT molecular complexity index is 606. The minimum Gasteiger partial charge on any atom is -0.391 e. The van der Waals surface area contributed by atoms with E-state index in [2.05, 4.69) is 10.3 Å². The highest BCUT2D eigenvalue weighted by Crippen LogP contribution is 2.18. The Morgan fingerprint density at radius 1 is 1.38 bits per heavy atom. The molecule has 0 saturated carbocycles. The molecule has 0 saturated heterocycles. The number of H-pyrrole nitrogens is 1. The number of nitrogens with two attached hydrogens (primary N) is 1. The SMILES string of the molecule is CC(C)C(O)CNC(=O)[C@@H](N)Cc1c[nH]c2ccccc12. The summed E-state index contributed by atoms with van der Waals surface area (Å²) >= 11 is 0. The van der Waals surface area contributed by atoms with Gasteiger partial charge in [0.15, 0.2) is 0 Å². The predicted octanol–water partition coefficient (Wildman–Crippen LogP) is 1.17. The van der Waals surface area contributed by atoms with Crippen molar-refractivity contribution in [1.29, 1.82) is 0 Å². The zero-order valence-corrected chi connectivity index (χ0v) is 12.5. The number of rotatable bonds is 6. The zero-order chi connectivity index (χ0) is 15.4. The Kier molecular flexibility index (Phi) is 4.98. The molecule has 0 spiro atoms. The van der Waals surface area contributed by atoms with Gasteiger partial charge in [0.1, 0.15) is 0 Å². The van der Waals surface area contributed by atoms with E-state index in [1.807, 2.05) is 44.3 Å². The van der Waals surface area contributed by atoms with E-state index in [-0.39, 0.29) is 18.4 Å². The number of aliphatic hydroxyl groups is 1. The number of nitrogens with one attached hydrogen (secondary N) is 2. The zero-order valence-electron chi connectivity index (χ0n) is 12.5. The minimum atomic E-state index is -0.622. The van der Waals surface area contributed by atoms with Gasteiger partial charge in [-0.05, 0) is 24.0 Å². The summed E-state index contributed by atoms with van der Waals surface area (Å²) in [5.41, 5.74) is 8.02. The summed E-state index contributed by atoms with van der Waals surface area (Å²) in [5, 5.41) is 13.5. The summed E-state index contributed by atoms with van der Waals surface area (Å²) in [6.45, 7) is 4.05. The van der Waals surface area contributed by atoms with Gasteiger partial charge in [-0.1, -0.05) is 32.0 Å². The van der Waals surface area contributed by atoms with E-state index in [1.165, 1.54) is 0 Å². The molecule has 2 aromatic rings. The van der Waals surface area contributed by atoms with Crippen molar-refractivity contribution in [3.8, 4) is 0 Å². The molecule has 0 bridgehead atoms. The van der Waals surface area contributed by atoms with Crippen LogP contribution in [-0.4, -0.2) is 34.7 Å². The average molecular weight is 289 g/mol. The summed E-state index contributed by atoms with van der Waals surface area (Å²) in [4.78, 5) is 15.1. The van der Waals surface area contributed by atoms with Crippen LogP contribution in [0.2, 0.25) is 0 Å². The van der Waals surface area contributed by atoms with Crippen molar-refractivity contribution in [2.24, 2.45) is 11.7 Å². The number of aromatic amines is 1. The first-order chi connectivity index (χ1) is 9.99. The summed E-state index contributed by atoms with van der Waals surface area (Å²) in [7, 11) is 0. The topological polar surface area (TPSA) is 91.1 Å². The minimum absolute atomic E-state index is 0.107. The fourth-order valence-electron chi connectivity index (χ4n) is 2.20. The Hall–Kier alpha value is -1.85. The molecule has 5 N–H and O–H groups in total. The largest absolute Gasteiger partial charge is 0.391 e. The lowest BCUT2D eigenvalue weighted by Crippen LogP contribution is -2.45. The average Bonchev–Trinajstić information content (AvgIpc) is 2.87. The highest BCUT2D eigenvalue weighted by atomic mass is 16.3. The van der Waals surface area contributed by atoms with Gasteiger partial charge in [0, 0.05) is 23.6 Å². The quantitative estimate of drug-likeness (QED) is 0.643. The summed E-state index contributed by atoms with van der Waals surface area (Å²) in [5.74, 6) is -0.130. The van der Waals surface area contributed by atoms with E-state index >= 15 is 0 Å². The molecule has 1 amide bonds. The Morgan fingerprint density at radius 3 is 2.81 bits per heavy atom. The standard InChI is InChI=1S/C16H23N3O2/c1-10(2)15(20)9-19-16(21)13(17)7-11-8-18-14-6-4-3-5-12(11)14/h3-6,8,10,13,15,18,20H,7,9,17H2,1-2H3,(H,19,21)/t13-,15?/m0/s1. The number of fused-ring (bicyclic) bond motifs is 1. The van der Waals surface area contributed by atoms with Crippen LogP contribution < -0.4 is 11.1 Å². The lowest BCUT2D eigenvalue weighted by atomic mass is 10.0. The molecule has 1 unspecified atom stereocenters. The molecule has 114 valence electrons. The van der Waals surface area contributed by atoms with Gasteiger partial charge in [-0.15, -0.1) is 0 Å².